The summed E-state index contributed by atoms with van der Waals surface area (Å²) in [7, 11) is 2.79. The lowest BCUT2D eigenvalue weighted by atomic mass is 10.4. The molecule has 2 N–H and O–H groups in total. The molecule has 4 heteroatoms. The molecule has 0 aliphatic rings. The molecule has 0 fully saturated rings. The van der Waals surface area contributed by atoms with E-state index in [1.165, 1.54) is 14.2 Å². The van der Waals surface area contributed by atoms with E-state index in [1.54, 1.807) is 0 Å². The van der Waals surface area contributed by atoms with Crippen LogP contribution in [0.2, 0.25) is 0 Å². The molecule has 0 amide bonds. The predicted octanol–water partition coefficient (Wildman–Crippen LogP) is -1.04. The van der Waals surface area contributed by atoms with Gasteiger partial charge in [0.05, 0.1) is 6.61 Å². The zero-order valence-electron chi connectivity index (χ0n) is 5.57. The number of methoxy groups -OCH3 is 2. The lowest BCUT2D eigenvalue weighted by molar-refractivity contribution is -0.173. The van der Waals surface area contributed by atoms with Crippen LogP contribution in [0.1, 0.15) is 0 Å². The summed E-state index contributed by atoms with van der Waals surface area (Å²) >= 11 is 0. The molecule has 0 rings (SSSR count). The largest absolute Gasteiger partial charge is 0.393 e. The Morgan fingerprint density at radius 3 is 1.89 bits per heavy atom. The van der Waals surface area contributed by atoms with Gasteiger partial charge in [0.2, 0.25) is 0 Å². The van der Waals surface area contributed by atoms with Crippen LogP contribution in [0, 0.1) is 0 Å². The Morgan fingerprint density at radius 1 is 1.33 bits per heavy atom. The predicted molar refractivity (Wildman–Crippen MR) is 30.9 cm³/mol. The molecule has 0 saturated heterocycles. The molecule has 0 aromatic heterocycles. The molecule has 1 atom stereocenters. The normalized spacial score (nSPS) is 14.3. The molecule has 0 aliphatic heterocycles. The van der Waals surface area contributed by atoms with Crippen molar-refractivity contribution in [3.05, 3.63) is 0 Å². The average molecular weight is 136 g/mol. The van der Waals surface area contributed by atoms with E-state index >= 15 is 0 Å². The Hall–Kier alpha value is -0.160. The fourth-order valence-corrected chi connectivity index (χ4v) is 0.496. The lowest BCUT2D eigenvalue weighted by Gasteiger charge is -2.17. The van der Waals surface area contributed by atoms with Gasteiger partial charge in [0.15, 0.2) is 6.29 Å². The smallest absolute Gasteiger partial charge is 0.184 e. The highest BCUT2D eigenvalue weighted by atomic mass is 16.7. The van der Waals surface area contributed by atoms with E-state index in [-0.39, 0.29) is 6.61 Å². The quantitative estimate of drug-likeness (QED) is 0.484. The van der Waals surface area contributed by atoms with Crippen molar-refractivity contribution in [2.24, 2.45) is 0 Å². The van der Waals surface area contributed by atoms with E-state index in [0.29, 0.717) is 0 Å². The van der Waals surface area contributed by atoms with Crippen LogP contribution in [-0.2, 0) is 9.47 Å². The first-order chi connectivity index (χ1) is 4.26. The second kappa shape index (κ2) is 4.69. The first-order valence-electron chi connectivity index (χ1n) is 2.60. The third kappa shape index (κ3) is 2.76. The second-order valence-electron chi connectivity index (χ2n) is 1.59. The molecular formula is C5H12O4. The minimum atomic E-state index is -0.958. The highest BCUT2D eigenvalue weighted by molar-refractivity contribution is 4.55. The Kier molecular flexibility index (Phi) is 4.61. The van der Waals surface area contributed by atoms with Crippen LogP contribution < -0.4 is 0 Å². The van der Waals surface area contributed by atoms with E-state index in [2.05, 4.69) is 9.47 Å². The fraction of sp³-hybridized carbons (Fsp3) is 1.00. The van der Waals surface area contributed by atoms with Gasteiger partial charge in [-0.05, 0) is 0 Å². The van der Waals surface area contributed by atoms with Gasteiger partial charge in [-0.25, -0.2) is 0 Å². The molecular weight excluding hydrogens is 124 g/mol. The van der Waals surface area contributed by atoms with Crippen LogP contribution in [0.5, 0.6) is 0 Å². The molecule has 9 heavy (non-hydrogen) atoms. The maximum absolute atomic E-state index is 8.82. The number of aliphatic hydroxyl groups is 2. The van der Waals surface area contributed by atoms with E-state index < -0.39 is 12.4 Å². The first kappa shape index (κ1) is 8.84. The summed E-state index contributed by atoms with van der Waals surface area (Å²) in [5.41, 5.74) is 0. The second-order valence-corrected chi connectivity index (χ2v) is 1.59. The summed E-state index contributed by atoms with van der Waals surface area (Å²) in [5.74, 6) is 0. The maximum Gasteiger partial charge on any atom is 0.184 e. The molecule has 0 bridgehead atoms. The van der Waals surface area contributed by atoms with Gasteiger partial charge in [-0.15, -0.1) is 0 Å². The van der Waals surface area contributed by atoms with E-state index in [0.717, 1.165) is 0 Å². The Balaban J connectivity index is 3.50. The van der Waals surface area contributed by atoms with Gasteiger partial charge in [-0.3, -0.25) is 0 Å². The molecule has 4 nitrogen and oxygen atoms in total. The van der Waals surface area contributed by atoms with Crippen molar-refractivity contribution >= 4 is 0 Å². The Morgan fingerprint density at radius 2 is 1.78 bits per heavy atom. The zero-order chi connectivity index (χ0) is 7.28. The molecule has 0 aliphatic carbocycles. The number of rotatable bonds is 4. The topological polar surface area (TPSA) is 58.9 Å². The summed E-state index contributed by atoms with van der Waals surface area (Å²) in [5, 5.41) is 17.2. The van der Waals surface area contributed by atoms with Crippen molar-refractivity contribution in [2.45, 2.75) is 12.4 Å². The minimum Gasteiger partial charge on any atom is -0.393 e. The van der Waals surface area contributed by atoms with Crippen molar-refractivity contribution in [2.75, 3.05) is 20.8 Å². The summed E-state index contributed by atoms with van der Waals surface area (Å²) in [6.45, 7) is -0.355. The van der Waals surface area contributed by atoms with Gasteiger partial charge in [0, 0.05) is 14.2 Å². The molecule has 0 unspecified atom stereocenters. The van der Waals surface area contributed by atoms with Crippen LogP contribution in [0.4, 0.5) is 0 Å². The molecule has 0 radical (unpaired) electrons. The van der Waals surface area contributed by atoms with Crippen LogP contribution in [0.3, 0.4) is 0 Å². The van der Waals surface area contributed by atoms with Crippen molar-refractivity contribution in [1.82, 2.24) is 0 Å². The van der Waals surface area contributed by atoms with E-state index in [4.69, 9.17) is 10.2 Å². The highest BCUT2D eigenvalue weighted by Crippen LogP contribution is 1.96. The SMILES string of the molecule is COC(OC)[C@@H](O)CO. The van der Waals surface area contributed by atoms with Gasteiger partial charge in [-0.1, -0.05) is 0 Å². The van der Waals surface area contributed by atoms with Crippen LogP contribution in [0.25, 0.3) is 0 Å². The average Bonchev–Trinajstić information content (AvgIpc) is 1.90. The number of ether oxygens (including phenoxy) is 2. The van der Waals surface area contributed by atoms with Gasteiger partial charge >= 0.3 is 0 Å². The first-order valence-corrected chi connectivity index (χ1v) is 2.60. The molecule has 0 saturated carbocycles. The highest BCUT2D eigenvalue weighted by Gasteiger charge is 2.15. The van der Waals surface area contributed by atoms with E-state index in [9.17, 15) is 0 Å². The third-order valence-electron chi connectivity index (χ3n) is 0.966. The number of hydrogen-bond acceptors (Lipinski definition) is 4. The number of hydrogen-bond donors (Lipinski definition) is 2. The minimum absolute atomic E-state index is 0.355. The number of aliphatic hydroxyl groups excluding tert-OH is 2. The van der Waals surface area contributed by atoms with Crippen molar-refractivity contribution in [3.63, 3.8) is 0 Å². The van der Waals surface area contributed by atoms with Crippen LogP contribution >= 0.6 is 0 Å². The Labute approximate surface area is 54.0 Å². The van der Waals surface area contributed by atoms with E-state index in [1.807, 2.05) is 0 Å². The summed E-state index contributed by atoms with van der Waals surface area (Å²) < 4.78 is 9.24. The zero-order valence-corrected chi connectivity index (χ0v) is 5.57. The lowest BCUT2D eigenvalue weighted by Crippen LogP contribution is -2.32. The Bertz CT molecular complexity index is 62.0. The van der Waals surface area contributed by atoms with Gasteiger partial charge in [0.25, 0.3) is 0 Å². The van der Waals surface area contributed by atoms with Crippen molar-refractivity contribution in [3.8, 4) is 0 Å². The standard InChI is InChI=1S/C5H12O4/c1-8-5(9-2)4(7)3-6/h4-7H,3H2,1-2H3/t4-/m0/s1. The van der Waals surface area contributed by atoms with Gasteiger partial charge in [-0.2, -0.15) is 0 Å². The third-order valence-corrected chi connectivity index (χ3v) is 0.966. The fourth-order valence-electron chi connectivity index (χ4n) is 0.496. The molecule has 0 aromatic carbocycles. The molecule has 0 heterocycles. The summed E-state index contributed by atoms with van der Waals surface area (Å²) in [6.07, 6.45) is -1.69. The van der Waals surface area contributed by atoms with Gasteiger partial charge < -0.3 is 19.7 Å². The maximum atomic E-state index is 8.82. The van der Waals surface area contributed by atoms with Crippen molar-refractivity contribution < 1.29 is 19.7 Å². The van der Waals surface area contributed by atoms with Crippen molar-refractivity contribution in [1.29, 1.82) is 0 Å². The van der Waals surface area contributed by atoms with Crippen LogP contribution in [-0.4, -0.2) is 43.4 Å². The summed E-state index contributed by atoms with van der Waals surface area (Å²) in [6, 6.07) is 0. The molecule has 56 valence electrons. The molecule has 0 aromatic rings. The summed E-state index contributed by atoms with van der Waals surface area (Å²) in [4.78, 5) is 0. The molecule has 0 spiro atoms. The monoisotopic (exact) mass is 136 g/mol. The van der Waals surface area contributed by atoms with Gasteiger partial charge in [0.1, 0.15) is 6.10 Å². The van der Waals surface area contributed by atoms with Crippen LogP contribution in [0.15, 0.2) is 0 Å².